The van der Waals surface area contributed by atoms with Crippen LogP contribution in [0.1, 0.15) is 49.0 Å². The quantitative estimate of drug-likeness (QED) is 0.257. The Morgan fingerprint density at radius 3 is 2.62 bits per heavy atom. The lowest BCUT2D eigenvalue weighted by atomic mass is 9.96. The van der Waals surface area contributed by atoms with Gasteiger partial charge >= 0.3 is 0 Å². The zero-order chi connectivity index (χ0) is 22.6. The van der Waals surface area contributed by atoms with Gasteiger partial charge in [0, 0.05) is 23.4 Å². The fourth-order valence-corrected chi connectivity index (χ4v) is 5.56. The molecule has 8 heteroatoms. The van der Waals surface area contributed by atoms with Crippen LogP contribution in [-0.4, -0.2) is 25.6 Å². The molecule has 1 heterocycles. The summed E-state index contributed by atoms with van der Waals surface area (Å²) in [7, 11) is -3.98. The molecule has 0 fully saturated rings. The van der Waals surface area contributed by atoms with E-state index >= 15 is 0 Å². The molecule has 1 amide bonds. The van der Waals surface area contributed by atoms with Crippen molar-refractivity contribution >= 4 is 26.9 Å². The van der Waals surface area contributed by atoms with Crippen LogP contribution in [0, 0.1) is 0 Å². The predicted molar refractivity (Wildman–Crippen MR) is 121 cm³/mol. The SMILES string of the molecule is O=C(NO)C(CCCCc1ccccc1)NS(=O)(=O)c1ccc2c3c(oc2c1)CCCC3. The number of nitrogens with one attached hydrogen (secondary N) is 2. The highest BCUT2D eigenvalue weighted by molar-refractivity contribution is 7.89. The zero-order valence-corrected chi connectivity index (χ0v) is 18.7. The van der Waals surface area contributed by atoms with Crippen molar-refractivity contribution in [2.24, 2.45) is 0 Å². The van der Waals surface area contributed by atoms with E-state index in [9.17, 15) is 13.2 Å². The number of carbonyl (C=O) groups is 1. The first-order valence-corrected chi connectivity index (χ1v) is 12.5. The molecule has 0 radical (unpaired) electrons. The van der Waals surface area contributed by atoms with Crippen molar-refractivity contribution < 1.29 is 22.8 Å². The van der Waals surface area contributed by atoms with Gasteiger partial charge in [-0.3, -0.25) is 10.0 Å². The number of hydroxylamine groups is 1. The average molecular weight is 457 g/mol. The summed E-state index contributed by atoms with van der Waals surface area (Å²) in [5.74, 6) is 0.160. The third kappa shape index (κ3) is 5.03. The van der Waals surface area contributed by atoms with Gasteiger partial charge in [-0.25, -0.2) is 13.9 Å². The Hall–Kier alpha value is -2.68. The molecule has 4 rings (SSSR count). The third-order valence-electron chi connectivity index (χ3n) is 6.01. The zero-order valence-electron chi connectivity index (χ0n) is 17.8. The summed E-state index contributed by atoms with van der Waals surface area (Å²) in [4.78, 5) is 12.2. The number of rotatable bonds is 9. The maximum atomic E-state index is 13.0. The van der Waals surface area contributed by atoms with Gasteiger partial charge in [-0.1, -0.05) is 36.8 Å². The Balaban J connectivity index is 1.45. The van der Waals surface area contributed by atoms with Crippen molar-refractivity contribution in [1.82, 2.24) is 10.2 Å². The van der Waals surface area contributed by atoms with Gasteiger partial charge < -0.3 is 4.42 Å². The molecule has 1 aromatic heterocycles. The molecular formula is C24H28N2O5S. The molecule has 0 spiro atoms. The lowest BCUT2D eigenvalue weighted by Gasteiger charge is -2.17. The van der Waals surface area contributed by atoms with Crippen LogP contribution in [0.2, 0.25) is 0 Å². The molecule has 1 unspecified atom stereocenters. The van der Waals surface area contributed by atoms with E-state index in [1.165, 1.54) is 17.2 Å². The minimum absolute atomic E-state index is 0.0381. The van der Waals surface area contributed by atoms with Gasteiger partial charge in [-0.2, -0.15) is 4.72 Å². The van der Waals surface area contributed by atoms with Gasteiger partial charge in [0.15, 0.2) is 0 Å². The molecule has 0 bridgehead atoms. The largest absolute Gasteiger partial charge is 0.461 e. The number of aryl methyl sites for hydroxylation is 3. The monoisotopic (exact) mass is 456 g/mol. The number of furan rings is 1. The molecular weight excluding hydrogens is 428 g/mol. The highest BCUT2D eigenvalue weighted by Gasteiger charge is 2.26. The van der Waals surface area contributed by atoms with E-state index in [0.717, 1.165) is 49.7 Å². The first kappa shape index (κ1) is 22.5. The van der Waals surface area contributed by atoms with Crippen LogP contribution in [0.15, 0.2) is 57.8 Å². The summed E-state index contributed by atoms with van der Waals surface area (Å²) in [5, 5.41) is 10.0. The van der Waals surface area contributed by atoms with E-state index < -0.39 is 22.0 Å². The standard InChI is InChI=1S/C24H28N2O5S/c27-24(25-28)21(12-6-4-10-17-8-2-1-3-9-17)26-32(29,30)18-14-15-20-19-11-5-7-13-22(19)31-23(20)16-18/h1-3,8-9,14-16,21,26,28H,4-7,10-13H2,(H,25,27). The van der Waals surface area contributed by atoms with Crippen molar-refractivity contribution in [3.8, 4) is 0 Å². The molecule has 1 atom stereocenters. The number of unbranched alkanes of at least 4 members (excludes halogenated alkanes) is 1. The fourth-order valence-electron chi connectivity index (χ4n) is 4.31. The Kier molecular flexibility index (Phi) is 6.93. The first-order valence-electron chi connectivity index (χ1n) is 11.0. The highest BCUT2D eigenvalue weighted by atomic mass is 32.2. The van der Waals surface area contributed by atoms with Gasteiger partial charge in [0.2, 0.25) is 10.0 Å². The smallest absolute Gasteiger partial charge is 0.261 e. The number of carbonyl (C=O) groups excluding carboxylic acids is 1. The van der Waals surface area contributed by atoms with Gasteiger partial charge in [-0.15, -0.1) is 0 Å². The van der Waals surface area contributed by atoms with E-state index in [4.69, 9.17) is 9.62 Å². The summed E-state index contributed by atoms with van der Waals surface area (Å²) >= 11 is 0. The van der Waals surface area contributed by atoms with E-state index in [0.29, 0.717) is 12.0 Å². The normalized spacial score (nSPS) is 14.8. The Bertz CT molecular complexity index is 1190. The number of sulfonamides is 1. The van der Waals surface area contributed by atoms with Gasteiger partial charge in [-0.05, 0) is 56.2 Å². The fraction of sp³-hybridized carbons (Fsp3) is 0.375. The molecule has 1 aliphatic carbocycles. The molecule has 3 N–H and O–H groups in total. The van der Waals surface area contributed by atoms with Crippen molar-refractivity contribution in [3.05, 3.63) is 65.4 Å². The molecule has 1 aliphatic rings. The van der Waals surface area contributed by atoms with E-state index in [1.54, 1.807) is 17.6 Å². The molecule has 0 saturated carbocycles. The van der Waals surface area contributed by atoms with Crippen molar-refractivity contribution in [2.75, 3.05) is 0 Å². The number of hydrogen-bond donors (Lipinski definition) is 3. The molecule has 2 aromatic carbocycles. The molecule has 170 valence electrons. The van der Waals surface area contributed by atoms with Gasteiger partial charge in [0.05, 0.1) is 4.90 Å². The maximum Gasteiger partial charge on any atom is 0.261 e. The van der Waals surface area contributed by atoms with E-state index in [1.807, 2.05) is 30.3 Å². The Labute approximate surface area is 187 Å². The molecule has 0 saturated heterocycles. The predicted octanol–water partition coefficient (Wildman–Crippen LogP) is 3.88. The molecule has 0 aliphatic heterocycles. The van der Waals surface area contributed by atoms with Crippen LogP contribution in [0.3, 0.4) is 0 Å². The van der Waals surface area contributed by atoms with Gasteiger partial charge in [0.1, 0.15) is 17.4 Å². The van der Waals surface area contributed by atoms with Crippen molar-refractivity contribution in [3.63, 3.8) is 0 Å². The molecule has 7 nitrogen and oxygen atoms in total. The number of fused-ring (bicyclic) bond motifs is 3. The lowest BCUT2D eigenvalue weighted by molar-refractivity contribution is -0.131. The third-order valence-corrected chi connectivity index (χ3v) is 7.48. The summed E-state index contributed by atoms with van der Waals surface area (Å²) in [6.45, 7) is 0. The van der Waals surface area contributed by atoms with E-state index in [-0.39, 0.29) is 11.3 Å². The summed E-state index contributed by atoms with van der Waals surface area (Å²) in [6.07, 6.45) is 6.51. The highest BCUT2D eigenvalue weighted by Crippen LogP contribution is 2.33. The lowest BCUT2D eigenvalue weighted by Crippen LogP contribution is -2.45. The van der Waals surface area contributed by atoms with Crippen LogP contribution in [0.5, 0.6) is 0 Å². The summed E-state index contributed by atoms with van der Waals surface area (Å²) in [5.41, 5.74) is 4.47. The molecule has 32 heavy (non-hydrogen) atoms. The second-order valence-electron chi connectivity index (χ2n) is 8.25. The topological polar surface area (TPSA) is 109 Å². The maximum absolute atomic E-state index is 13.0. The van der Waals surface area contributed by atoms with Crippen LogP contribution in [-0.2, 0) is 34.1 Å². The van der Waals surface area contributed by atoms with Crippen LogP contribution >= 0.6 is 0 Å². The van der Waals surface area contributed by atoms with Crippen LogP contribution < -0.4 is 10.2 Å². The number of amides is 1. The first-order chi connectivity index (χ1) is 15.5. The van der Waals surface area contributed by atoms with Crippen LogP contribution in [0.4, 0.5) is 0 Å². The number of hydrogen-bond acceptors (Lipinski definition) is 5. The Morgan fingerprint density at radius 1 is 1.06 bits per heavy atom. The van der Waals surface area contributed by atoms with Crippen molar-refractivity contribution in [2.45, 2.75) is 62.3 Å². The minimum atomic E-state index is -3.98. The number of benzene rings is 2. The minimum Gasteiger partial charge on any atom is -0.461 e. The second kappa shape index (κ2) is 9.85. The van der Waals surface area contributed by atoms with Gasteiger partial charge in [0.25, 0.3) is 5.91 Å². The molecule has 3 aromatic rings. The Morgan fingerprint density at radius 2 is 1.84 bits per heavy atom. The van der Waals surface area contributed by atoms with Crippen LogP contribution in [0.25, 0.3) is 11.0 Å². The summed E-state index contributed by atoms with van der Waals surface area (Å²) in [6, 6.07) is 13.7. The van der Waals surface area contributed by atoms with E-state index in [2.05, 4.69) is 4.72 Å². The second-order valence-corrected chi connectivity index (χ2v) is 9.96. The van der Waals surface area contributed by atoms with Crippen molar-refractivity contribution in [1.29, 1.82) is 0 Å². The average Bonchev–Trinajstić information content (AvgIpc) is 3.19. The summed E-state index contributed by atoms with van der Waals surface area (Å²) < 4.78 is 34.3.